The van der Waals surface area contributed by atoms with E-state index in [1.54, 1.807) is 0 Å². The molecule has 1 saturated heterocycles. The van der Waals surface area contributed by atoms with Crippen molar-refractivity contribution in [1.29, 1.82) is 0 Å². The van der Waals surface area contributed by atoms with Gasteiger partial charge in [0.1, 0.15) is 24.4 Å². The van der Waals surface area contributed by atoms with Gasteiger partial charge < -0.3 is 25.2 Å². The fourth-order valence-corrected chi connectivity index (χ4v) is 1.92. The topological polar surface area (TPSA) is 121 Å². The summed E-state index contributed by atoms with van der Waals surface area (Å²) in [6.45, 7) is -0.752. The molecule has 0 bridgehead atoms. The van der Waals surface area contributed by atoms with Gasteiger partial charge in [0.15, 0.2) is 11.9 Å². The molecule has 1 aromatic heterocycles. The molecular weight excluding hydrogens is 287 g/mol. The minimum absolute atomic E-state index is 0.252. The van der Waals surface area contributed by atoms with Gasteiger partial charge in [-0.2, -0.15) is 13.2 Å². The standard InChI is InChI=1S/C9H12F3N3O5/c10-9(11,12)4-1-13-14-15(4)8-7(19)6(18)5(17)3(2-16)20-8/h1,3,5-8,16-19H,2H2/t3-,5-,6+,7-,8-/m1/s1. The summed E-state index contributed by atoms with van der Waals surface area (Å²) in [5, 5.41) is 44.0. The highest BCUT2D eigenvalue weighted by atomic mass is 19.4. The Balaban J connectivity index is 2.35. The Kier molecular flexibility index (Phi) is 3.97. The van der Waals surface area contributed by atoms with Crippen molar-refractivity contribution in [3.8, 4) is 0 Å². The first kappa shape index (κ1) is 15.1. The smallest absolute Gasteiger partial charge is 0.394 e. The average molecular weight is 299 g/mol. The zero-order valence-corrected chi connectivity index (χ0v) is 9.84. The van der Waals surface area contributed by atoms with E-state index in [-0.39, 0.29) is 4.68 Å². The first-order valence-electron chi connectivity index (χ1n) is 5.55. The van der Waals surface area contributed by atoms with Gasteiger partial charge in [0, 0.05) is 0 Å². The molecule has 0 aromatic carbocycles. The maximum absolute atomic E-state index is 12.7. The molecule has 0 unspecified atom stereocenters. The molecule has 114 valence electrons. The van der Waals surface area contributed by atoms with Gasteiger partial charge in [0.25, 0.3) is 0 Å². The largest absolute Gasteiger partial charge is 0.434 e. The Bertz CT molecular complexity index is 466. The summed E-state index contributed by atoms with van der Waals surface area (Å²) in [4.78, 5) is 0. The molecule has 1 aliphatic rings. The van der Waals surface area contributed by atoms with Crippen molar-refractivity contribution in [2.24, 2.45) is 0 Å². The lowest BCUT2D eigenvalue weighted by molar-refractivity contribution is -0.258. The number of aliphatic hydroxyl groups excluding tert-OH is 4. The van der Waals surface area contributed by atoms with E-state index in [0.717, 1.165) is 0 Å². The number of alkyl halides is 3. The summed E-state index contributed by atoms with van der Waals surface area (Å²) >= 11 is 0. The van der Waals surface area contributed by atoms with Crippen LogP contribution in [0.3, 0.4) is 0 Å². The minimum atomic E-state index is -4.79. The molecule has 0 saturated carbocycles. The Hall–Kier alpha value is -1.27. The van der Waals surface area contributed by atoms with E-state index in [2.05, 4.69) is 10.3 Å². The van der Waals surface area contributed by atoms with E-state index in [0.29, 0.717) is 6.20 Å². The molecule has 0 aliphatic carbocycles. The second kappa shape index (κ2) is 5.26. The van der Waals surface area contributed by atoms with Crippen LogP contribution in [0.1, 0.15) is 11.9 Å². The quantitative estimate of drug-likeness (QED) is 0.512. The molecule has 1 aromatic rings. The fraction of sp³-hybridized carbons (Fsp3) is 0.778. The van der Waals surface area contributed by atoms with Crippen LogP contribution in [0.5, 0.6) is 0 Å². The van der Waals surface area contributed by atoms with E-state index < -0.39 is 49.1 Å². The maximum Gasteiger partial charge on any atom is 0.434 e. The minimum Gasteiger partial charge on any atom is -0.394 e. The van der Waals surface area contributed by atoms with Crippen LogP contribution in [0.25, 0.3) is 0 Å². The molecule has 20 heavy (non-hydrogen) atoms. The third-order valence-corrected chi connectivity index (χ3v) is 2.97. The number of ether oxygens (including phenoxy) is 1. The summed E-state index contributed by atoms with van der Waals surface area (Å²) in [5.41, 5.74) is -1.29. The summed E-state index contributed by atoms with van der Waals surface area (Å²) in [6.07, 6.45) is -12.7. The van der Waals surface area contributed by atoms with Crippen molar-refractivity contribution in [2.45, 2.75) is 36.8 Å². The molecule has 2 heterocycles. The third kappa shape index (κ3) is 2.50. The molecule has 5 atom stereocenters. The number of halogens is 3. The van der Waals surface area contributed by atoms with Crippen LogP contribution in [-0.4, -0.2) is 66.4 Å². The van der Waals surface area contributed by atoms with Gasteiger partial charge in [0.05, 0.1) is 12.8 Å². The first-order chi connectivity index (χ1) is 9.27. The zero-order valence-electron chi connectivity index (χ0n) is 9.84. The molecular formula is C9H12F3N3O5. The lowest BCUT2D eigenvalue weighted by Gasteiger charge is -2.40. The molecule has 0 spiro atoms. The molecule has 4 N–H and O–H groups in total. The molecule has 0 radical (unpaired) electrons. The normalized spacial score (nSPS) is 35.2. The third-order valence-electron chi connectivity index (χ3n) is 2.97. The van der Waals surface area contributed by atoms with Gasteiger partial charge in [-0.1, -0.05) is 5.21 Å². The summed E-state index contributed by atoms with van der Waals surface area (Å²) in [6, 6.07) is 0. The highest BCUT2D eigenvalue weighted by Crippen LogP contribution is 2.34. The molecule has 1 aliphatic heterocycles. The van der Waals surface area contributed by atoms with Crippen LogP contribution >= 0.6 is 0 Å². The average Bonchev–Trinajstić information content (AvgIpc) is 2.85. The molecule has 8 nitrogen and oxygen atoms in total. The van der Waals surface area contributed by atoms with Gasteiger partial charge in [-0.3, -0.25) is 0 Å². The van der Waals surface area contributed by atoms with Crippen molar-refractivity contribution < 1.29 is 38.3 Å². The highest BCUT2D eigenvalue weighted by Gasteiger charge is 2.47. The molecule has 11 heteroatoms. The van der Waals surface area contributed by atoms with E-state index >= 15 is 0 Å². The zero-order chi connectivity index (χ0) is 15.1. The van der Waals surface area contributed by atoms with Gasteiger partial charge in [-0.05, 0) is 0 Å². The fourth-order valence-electron chi connectivity index (χ4n) is 1.92. The van der Waals surface area contributed by atoms with Crippen molar-refractivity contribution in [1.82, 2.24) is 15.0 Å². The number of rotatable bonds is 2. The van der Waals surface area contributed by atoms with Crippen LogP contribution in [-0.2, 0) is 10.9 Å². The number of nitrogens with zero attached hydrogens (tertiary/aromatic N) is 3. The predicted octanol–water partition coefficient (Wildman–Crippen LogP) is -1.73. The van der Waals surface area contributed by atoms with Crippen molar-refractivity contribution >= 4 is 0 Å². The molecule has 2 rings (SSSR count). The maximum atomic E-state index is 12.7. The van der Waals surface area contributed by atoms with Gasteiger partial charge in [0.2, 0.25) is 0 Å². The summed E-state index contributed by atoms with van der Waals surface area (Å²) in [5.74, 6) is 0. The summed E-state index contributed by atoms with van der Waals surface area (Å²) in [7, 11) is 0. The number of aromatic nitrogens is 3. The second-order valence-electron chi connectivity index (χ2n) is 4.28. The van der Waals surface area contributed by atoms with Crippen molar-refractivity contribution in [3.05, 3.63) is 11.9 Å². The van der Waals surface area contributed by atoms with Crippen LogP contribution < -0.4 is 0 Å². The van der Waals surface area contributed by atoms with Crippen LogP contribution in [0, 0.1) is 0 Å². The Morgan fingerprint density at radius 1 is 1.20 bits per heavy atom. The van der Waals surface area contributed by atoms with Crippen molar-refractivity contribution in [2.75, 3.05) is 6.61 Å². The van der Waals surface area contributed by atoms with Gasteiger partial charge >= 0.3 is 6.18 Å². The Morgan fingerprint density at radius 3 is 2.40 bits per heavy atom. The SMILES string of the molecule is OC[C@H]1O[C@@H](n2nncc2C(F)(F)F)[C@H](O)[C@@H](O)[C@@H]1O. The first-order valence-corrected chi connectivity index (χ1v) is 5.55. The monoisotopic (exact) mass is 299 g/mol. The lowest BCUT2D eigenvalue weighted by Crippen LogP contribution is -2.57. The van der Waals surface area contributed by atoms with Gasteiger partial charge in [-0.25, -0.2) is 4.68 Å². The van der Waals surface area contributed by atoms with Gasteiger partial charge in [-0.15, -0.1) is 5.10 Å². The predicted molar refractivity (Wildman–Crippen MR) is 54.0 cm³/mol. The lowest BCUT2D eigenvalue weighted by atomic mass is 9.98. The Labute approximate surface area is 110 Å². The van der Waals surface area contributed by atoms with E-state index in [4.69, 9.17) is 9.84 Å². The summed E-state index contributed by atoms with van der Waals surface area (Å²) < 4.78 is 43.4. The Morgan fingerprint density at radius 2 is 1.85 bits per heavy atom. The van der Waals surface area contributed by atoms with Crippen LogP contribution in [0.15, 0.2) is 6.20 Å². The molecule has 1 fully saturated rings. The number of aliphatic hydroxyl groups is 4. The number of hydrogen-bond donors (Lipinski definition) is 4. The van der Waals surface area contributed by atoms with E-state index in [9.17, 15) is 28.5 Å². The van der Waals surface area contributed by atoms with Crippen LogP contribution in [0.4, 0.5) is 13.2 Å². The molecule has 0 amide bonds. The second-order valence-corrected chi connectivity index (χ2v) is 4.28. The van der Waals surface area contributed by atoms with Crippen molar-refractivity contribution in [3.63, 3.8) is 0 Å². The highest BCUT2D eigenvalue weighted by molar-refractivity contribution is 5.02. The van der Waals surface area contributed by atoms with E-state index in [1.165, 1.54) is 0 Å². The number of hydrogen-bond acceptors (Lipinski definition) is 7. The van der Waals surface area contributed by atoms with Crippen LogP contribution in [0.2, 0.25) is 0 Å². The van der Waals surface area contributed by atoms with E-state index in [1.807, 2.05) is 0 Å².